The number of esters is 1. The van der Waals surface area contributed by atoms with Crippen molar-refractivity contribution in [3.05, 3.63) is 89.0 Å². The van der Waals surface area contributed by atoms with Gasteiger partial charge >= 0.3 is 12.1 Å². The number of nitrogens with zero attached hydrogens (tertiary/aromatic N) is 2. The van der Waals surface area contributed by atoms with Crippen LogP contribution in [0.15, 0.2) is 71.6 Å². The molecule has 1 amide bonds. The summed E-state index contributed by atoms with van der Waals surface area (Å²) in [5.74, 6) is -1.03. The van der Waals surface area contributed by atoms with Crippen molar-refractivity contribution in [3.63, 3.8) is 0 Å². The van der Waals surface area contributed by atoms with Crippen LogP contribution in [0.5, 0.6) is 0 Å². The highest BCUT2D eigenvalue weighted by atomic mass is 32.2. The van der Waals surface area contributed by atoms with Crippen LogP contribution in [0.2, 0.25) is 0 Å². The average molecular weight is 543 g/mol. The molecule has 3 aliphatic rings. The van der Waals surface area contributed by atoms with Crippen LogP contribution in [0.25, 0.3) is 11.1 Å². The number of sulfone groups is 1. The lowest BCUT2D eigenvalue weighted by Crippen LogP contribution is -2.35. The lowest BCUT2D eigenvalue weighted by molar-refractivity contribution is -0.146. The maximum absolute atomic E-state index is 13.4. The Bertz CT molecular complexity index is 1610. The molecular formula is C30H26N2O6S. The Hall–Kier alpha value is -4.16. The minimum Gasteiger partial charge on any atom is -0.467 e. The van der Waals surface area contributed by atoms with Gasteiger partial charge in [0.25, 0.3) is 0 Å². The van der Waals surface area contributed by atoms with Crippen molar-refractivity contribution in [2.75, 3.05) is 19.5 Å². The van der Waals surface area contributed by atoms with Crippen LogP contribution in [-0.4, -0.2) is 44.8 Å². The molecule has 39 heavy (non-hydrogen) atoms. The van der Waals surface area contributed by atoms with Crippen molar-refractivity contribution in [2.45, 2.75) is 36.2 Å². The fourth-order valence-corrected chi connectivity index (χ4v) is 7.57. The zero-order valence-electron chi connectivity index (χ0n) is 21.3. The number of hydrogen-bond donors (Lipinski definition) is 0. The van der Waals surface area contributed by atoms with E-state index in [1.54, 1.807) is 6.07 Å². The van der Waals surface area contributed by atoms with Gasteiger partial charge < -0.3 is 9.47 Å². The normalized spacial score (nSPS) is 18.5. The van der Waals surface area contributed by atoms with Gasteiger partial charge in [-0.2, -0.15) is 5.26 Å². The van der Waals surface area contributed by atoms with E-state index in [2.05, 4.69) is 6.07 Å². The highest BCUT2D eigenvalue weighted by Crippen LogP contribution is 2.47. The van der Waals surface area contributed by atoms with Crippen molar-refractivity contribution in [2.24, 2.45) is 5.41 Å². The highest BCUT2D eigenvalue weighted by molar-refractivity contribution is 7.91. The summed E-state index contributed by atoms with van der Waals surface area (Å²) in [6, 6.07) is 21.6. The molecule has 1 heterocycles. The molecule has 8 nitrogen and oxygen atoms in total. The van der Waals surface area contributed by atoms with Crippen LogP contribution in [0, 0.1) is 16.7 Å². The Labute approximate surface area is 226 Å². The van der Waals surface area contributed by atoms with Crippen LogP contribution in [0.1, 0.15) is 47.1 Å². The molecule has 198 valence electrons. The maximum atomic E-state index is 13.4. The third-order valence-corrected chi connectivity index (χ3v) is 9.88. The number of nitriles is 1. The first-order valence-corrected chi connectivity index (χ1v) is 14.4. The van der Waals surface area contributed by atoms with E-state index in [4.69, 9.17) is 9.47 Å². The second-order valence-corrected chi connectivity index (χ2v) is 12.4. The first-order valence-electron chi connectivity index (χ1n) is 12.7. The highest BCUT2D eigenvalue weighted by Gasteiger charge is 2.48. The maximum Gasteiger partial charge on any atom is 0.411 e. The average Bonchev–Trinajstić information content (AvgIpc) is 3.49. The fourth-order valence-electron chi connectivity index (χ4n) is 5.72. The topological polar surface area (TPSA) is 114 Å². The van der Waals surface area contributed by atoms with Gasteiger partial charge in [-0.3, -0.25) is 4.90 Å². The number of methoxy groups -OCH3 is 1. The molecule has 2 aliphatic carbocycles. The Morgan fingerprint density at radius 2 is 1.64 bits per heavy atom. The SMILES string of the molecule is COC(=O)C1c2ccc(S(=O)(=O)CC3(C#N)CC3)cc2CN1C(=O)OCC1c2ccccc2-c2ccccc21. The molecule has 3 aromatic carbocycles. The molecule has 1 unspecified atom stereocenters. The number of fused-ring (bicyclic) bond motifs is 4. The largest absolute Gasteiger partial charge is 0.467 e. The molecule has 0 N–H and O–H groups in total. The predicted octanol–water partition coefficient (Wildman–Crippen LogP) is 4.74. The molecule has 1 fully saturated rings. The van der Waals surface area contributed by atoms with Gasteiger partial charge in [0.15, 0.2) is 15.9 Å². The molecule has 3 aromatic rings. The van der Waals surface area contributed by atoms with Gasteiger partial charge in [-0.1, -0.05) is 54.6 Å². The number of carbonyl (C=O) groups is 2. The van der Waals surface area contributed by atoms with Crippen LogP contribution in [-0.2, 0) is 30.7 Å². The monoisotopic (exact) mass is 542 g/mol. The Kier molecular flexibility index (Phi) is 5.96. The Morgan fingerprint density at radius 1 is 1.00 bits per heavy atom. The standard InChI is InChI=1S/C30H26N2O6S/c1-37-28(33)27-21-11-10-20(39(35,36)18-30(17-31)12-13-30)14-19(21)15-32(27)29(34)38-16-26-24-8-4-2-6-22(24)23-7-3-5-9-25(23)26/h2-11,14,26-27H,12-13,15-16,18H2,1H3. The van der Waals surface area contributed by atoms with E-state index in [0.29, 0.717) is 24.0 Å². The molecule has 6 rings (SSSR count). The summed E-state index contributed by atoms with van der Waals surface area (Å²) in [7, 11) is -2.48. The summed E-state index contributed by atoms with van der Waals surface area (Å²) >= 11 is 0. The molecular weight excluding hydrogens is 516 g/mol. The molecule has 0 saturated heterocycles. The number of benzene rings is 3. The van der Waals surface area contributed by atoms with Gasteiger partial charge in [-0.05, 0) is 58.4 Å². The third-order valence-electron chi connectivity index (χ3n) is 7.97. The Morgan fingerprint density at radius 3 is 2.23 bits per heavy atom. The van der Waals surface area contributed by atoms with Gasteiger partial charge in [0.2, 0.25) is 0 Å². The van der Waals surface area contributed by atoms with Crippen molar-refractivity contribution in [3.8, 4) is 17.2 Å². The van der Waals surface area contributed by atoms with Crippen LogP contribution >= 0.6 is 0 Å². The smallest absolute Gasteiger partial charge is 0.411 e. The number of carbonyl (C=O) groups excluding carboxylic acids is 2. The van der Waals surface area contributed by atoms with Gasteiger partial charge in [0, 0.05) is 5.92 Å². The van der Waals surface area contributed by atoms with Crippen molar-refractivity contribution < 1.29 is 27.5 Å². The molecule has 0 radical (unpaired) electrons. The molecule has 9 heteroatoms. The quantitative estimate of drug-likeness (QED) is 0.413. The molecule has 0 bridgehead atoms. The number of rotatable bonds is 6. The zero-order chi connectivity index (χ0) is 27.4. The molecule has 0 spiro atoms. The van der Waals surface area contributed by atoms with E-state index in [9.17, 15) is 23.3 Å². The first kappa shape index (κ1) is 25.1. The van der Waals surface area contributed by atoms with Crippen LogP contribution < -0.4 is 0 Å². The lowest BCUT2D eigenvalue weighted by Gasteiger charge is -2.24. The van der Waals surface area contributed by atoms with E-state index in [-0.39, 0.29) is 29.7 Å². The second kappa shape index (κ2) is 9.24. The zero-order valence-corrected chi connectivity index (χ0v) is 22.1. The van der Waals surface area contributed by atoms with Gasteiger partial charge in [0.05, 0.1) is 35.8 Å². The summed E-state index contributed by atoms with van der Waals surface area (Å²) in [6.45, 7) is 0.0853. The molecule has 1 atom stereocenters. The van der Waals surface area contributed by atoms with Crippen molar-refractivity contribution >= 4 is 21.9 Å². The second-order valence-electron chi connectivity index (χ2n) is 10.4. The van der Waals surface area contributed by atoms with E-state index < -0.39 is 33.4 Å². The van der Waals surface area contributed by atoms with E-state index >= 15 is 0 Å². The van der Waals surface area contributed by atoms with Gasteiger partial charge in [-0.25, -0.2) is 18.0 Å². The molecule has 1 saturated carbocycles. The van der Waals surface area contributed by atoms with E-state index in [1.165, 1.54) is 24.1 Å². The number of ether oxygens (including phenoxy) is 2. The van der Waals surface area contributed by atoms with Crippen molar-refractivity contribution in [1.82, 2.24) is 4.90 Å². The minimum absolute atomic E-state index is 0.00146. The third kappa shape index (κ3) is 4.25. The molecule has 0 aromatic heterocycles. The van der Waals surface area contributed by atoms with Gasteiger partial charge in [0.1, 0.15) is 6.61 Å². The first-order chi connectivity index (χ1) is 18.8. The summed E-state index contributed by atoms with van der Waals surface area (Å²) in [4.78, 5) is 27.5. The minimum atomic E-state index is -3.72. The Balaban J connectivity index is 1.24. The summed E-state index contributed by atoms with van der Waals surface area (Å²) in [5.41, 5.74) is 4.56. The summed E-state index contributed by atoms with van der Waals surface area (Å²) in [5, 5.41) is 9.35. The predicted molar refractivity (Wildman–Crippen MR) is 141 cm³/mol. The molecule has 1 aliphatic heterocycles. The van der Waals surface area contributed by atoms with E-state index in [1.807, 2.05) is 48.5 Å². The fraction of sp³-hybridized carbons (Fsp3) is 0.300. The van der Waals surface area contributed by atoms with Crippen molar-refractivity contribution in [1.29, 1.82) is 5.26 Å². The van der Waals surface area contributed by atoms with Gasteiger partial charge in [-0.15, -0.1) is 0 Å². The number of hydrogen-bond acceptors (Lipinski definition) is 7. The summed E-state index contributed by atoms with van der Waals surface area (Å²) in [6.07, 6.45) is 0.440. The number of amides is 1. The van der Waals surface area contributed by atoms with E-state index in [0.717, 1.165) is 22.3 Å². The van der Waals surface area contributed by atoms with Crippen LogP contribution in [0.4, 0.5) is 4.79 Å². The summed E-state index contributed by atoms with van der Waals surface area (Å²) < 4.78 is 36.8. The van der Waals surface area contributed by atoms with Crippen LogP contribution in [0.3, 0.4) is 0 Å². The lowest BCUT2D eigenvalue weighted by atomic mass is 9.98.